The van der Waals surface area contributed by atoms with E-state index in [4.69, 9.17) is 9.47 Å². The lowest BCUT2D eigenvalue weighted by Crippen LogP contribution is -2.39. The van der Waals surface area contributed by atoms with Gasteiger partial charge in [-0.25, -0.2) is 22.9 Å². The lowest BCUT2D eigenvalue weighted by atomic mass is 9.98. The number of rotatable bonds is 5. The summed E-state index contributed by atoms with van der Waals surface area (Å²) in [6.07, 6.45) is 0. The summed E-state index contributed by atoms with van der Waals surface area (Å²) in [4.78, 5) is 12.6. The molecule has 0 aliphatic carbocycles. The molecule has 1 heterocycles. The number of nitrogens with one attached hydrogen (secondary N) is 1. The van der Waals surface area contributed by atoms with Crippen molar-refractivity contribution in [1.29, 1.82) is 0 Å². The quantitative estimate of drug-likeness (QED) is 0.807. The summed E-state index contributed by atoms with van der Waals surface area (Å²) < 4.78 is 37.6. The van der Waals surface area contributed by atoms with Gasteiger partial charge in [0.25, 0.3) is 10.0 Å². The second kappa shape index (κ2) is 8.12. The number of amides is 2. The Bertz CT molecular complexity index is 1050. The Hall–Kier alpha value is -3.07. The Labute approximate surface area is 170 Å². The highest BCUT2D eigenvalue weighted by molar-refractivity contribution is 7.90. The SMILES string of the molecule is COc1ccc(C2=NN(C(=O)NS(=O)(=O)c3ccc(C)cc3)CC2C)c(OC)c1. The van der Waals surface area contributed by atoms with Gasteiger partial charge in [0.15, 0.2) is 0 Å². The Morgan fingerprint density at radius 3 is 2.45 bits per heavy atom. The zero-order chi connectivity index (χ0) is 21.2. The number of carbonyl (C=O) groups is 1. The highest BCUT2D eigenvalue weighted by Crippen LogP contribution is 2.30. The van der Waals surface area contributed by atoms with E-state index in [9.17, 15) is 13.2 Å². The Kier molecular flexibility index (Phi) is 5.78. The van der Waals surface area contributed by atoms with E-state index in [1.54, 1.807) is 37.4 Å². The monoisotopic (exact) mass is 417 g/mol. The molecule has 0 aromatic heterocycles. The van der Waals surface area contributed by atoms with Gasteiger partial charge >= 0.3 is 6.03 Å². The van der Waals surface area contributed by atoms with E-state index < -0.39 is 16.1 Å². The minimum absolute atomic E-state index is 0.0183. The average molecular weight is 417 g/mol. The molecule has 1 atom stereocenters. The molecule has 2 aromatic carbocycles. The van der Waals surface area contributed by atoms with Gasteiger partial charge in [0, 0.05) is 17.5 Å². The van der Waals surface area contributed by atoms with Gasteiger partial charge in [-0.15, -0.1) is 0 Å². The van der Waals surface area contributed by atoms with Gasteiger partial charge in [0.05, 0.1) is 31.4 Å². The molecule has 1 unspecified atom stereocenters. The molecule has 1 aliphatic heterocycles. The van der Waals surface area contributed by atoms with Crippen LogP contribution in [0.2, 0.25) is 0 Å². The normalized spacial score (nSPS) is 16.3. The third-order valence-electron chi connectivity index (χ3n) is 4.61. The van der Waals surface area contributed by atoms with Crippen molar-refractivity contribution in [1.82, 2.24) is 9.73 Å². The first-order chi connectivity index (χ1) is 13.7. The molecule has 2 aromatic rings. The molecule has 0 spiro atoms. The number of benzene rings is 2. The van der Waals surface area contributed by atoms with Crippen LogP contribution in [-0.2, 0) is 10.0 Å². The fourth-order valence-corrected chi connectivity index (χ4v) is 3.96. The van der Waals surface area contributed by atoms with Crippen LogP contribution in [0.3, 0.4) is 0 Å². The summed E-state index contributed by atoms with van der Waals surface area (Å²) in [5, 5.41) is 5.47. The number of hydrogen-bond donors (Lipinski definition) is 1. The number of hydrogen-bond acceptors (Lipinski definition) is 6. The van der Waals surface area contributed by atoms with Crippen LogP contribution < -0.4 is 14.2 Å². The maximum absolute atomic E-state index is 12.6. The number of carbonyl (C=O) groups excluding carboxylic acids is 1. The summed E-state index contributed by atoms with van der Waals surface area (Å²) in [5.74, 6) is 1.09. The summed E-state index contributed by atoms with van der Waals surface area (Å²) in [6.45, 7) is 4.01. The van der Waals surface area contributed by atoms with Crippen molar-refractivity contribution in [3.8, 4) is 11.5 Å². The highest BCUT2D eigenvalue weighted by atomic mass is 32.2. The van der Waals surface area contributed by atoms with Gasteiger partial charge in [-0.3, -0.25) is 0 Å². The summed E-state index contributed by atoms with van der Waals surface area (Å²) in [6, 6.07) is 10.7. The molecular weight excluding hydrogens is 394 g/mol. The average Bonchev–Trinajstić information content (AvgIpc) is 3.09. The first-order valence-electron chi connectivity index (χ1n) is 8.97. The third-order valence-corrected chi connectivity index (χ3v) is 5.95. The maximum Gasteiger partial charge on any atom is 0.351 e. The molecule has 29 heavy (non-hydrogen) atoms. The number of sulfonamides is 1. The first-order valence-corrected chi connectivity index (χ1v) is 10.5. The zero-order valence-corrected chi connectivity index (χ0v) is 17.5. The summed E-state index contributed by atoms with van der Waals surface area (Å²) in [5.41, 5.74) is 2.27. The second-order valence-corrected chi connectivity index (χ2v) is 8.44. The van der Waals surface area contributed by atoms with Crippen molar-refractivity contribution in [2.75, 3.05) is 20.8 Å². The predicted octanol–water partition coefficient (Wildman–Crippen LogP) is 2.77. The van der Waals surface area contributed by atoms with Gasteiger partial charge in [0.2, 0.25) is 0 Å². The molecular formula is C20H23N3O5S. The topological polar surface area (TPSA) is 97.3 Å². The molecule has 0 bridgehead atoms. The predicted molar refractivity (Wildman–Crippen MR) is 109 cm³/mol. The van der Waals surface area contributed by atoms with Gasteiger partial charge in [0.1, 0.15) is 11.5 Å². The lowest BCUT2D eigenvalue weighted by molar-refractivity contribution is 0.208. The fourth-order valence-electron chi connectivity index (χ4n) is 3.02. The minimum atomic E-state index is -3.99. The first kappa shape index (κ1) is 20.7. The Morgan fingerprint density at radius 1 is 1.14 bits per heavy atom. The number of ether oxygens (including phenoxy) is 2. The van der Waals surface area contributed by atoms with Gasteiger partial charge in [-0.1, -0.05) is 24.6 Å². The van der Waals surface area contributed by atoms with Gasteiger partial charge < -0.3 is 9.47 Å². The van der Waals surface area contributed by atoms with Crippen LogP contribution in [0, 0.1) is 12.8 Å². The molecule has 9 heteroatoms. The highest BCUT2D eigenvalue weighted by Gasteiger charge is 2.31. The fraction of sp³-hybridized carbons (Fsp3) is 0.300. The van der Waals surface area contributed by atoms with E-state index in [-0.39, 0.29) is 17.4 Å². The van der Waals surface area contributed by atoms with E-state index in [0.717, 1.165) is 16.1 Å². The molecule has 154 valence electrons. The van der Waals surface area contributed by atoms with Crippen molar-refractivity contribution in [2.45, 2.75) is 18.7 Å². The van der Waals surface area contributed by atoms with Crippen LogP contribution in [0.5, 0.6) is 11.5 Å². The van der Waals surface area contributed by atoms with Gasteiger partial charge in [-0.2, -0.15) is 5.10 Å². The van der Waals surface area contributed by atoms with Crippen LogP contribution in [0.1, 0.15) is 18.1 Å². The second-order valence-electron chi connectivity index (χ2n) is 6.76. The van der Waals surface area contributed by atoms with Crippen molar-refractivity contribution >= 4 is 21.8 Å². The minimum Gasteiger partial charge on any atom is -0.497 e. The number of hydrazone groups is 1. The number of methoxy groups -OCH3 is 2. The zero-order valence-electron chi connectivity index (χ0n) is 16.7. The molecule has 0 fully saturated rings. The molecule has 0 radical (unpaired) electrons. The number of nitrogens with zero attached hydrogens (tertiary/aromatic N) is 2. The number of aryl methyl sites for hydroxylation is 1. The Morgan fingerprint density at radius 2 is 1.83 bits per heavy atom. The van der Waals surface area contributed by atoms with E-state index in [0.29, 0.717) is 17.2 Å². The summed E-state index contributed by atoms with van der Waals surface area (Å²) in [7, 11) is -0.888. The molecule has 1 N–H and O–H groups in total. The van der Waals surface area contributed by atoms with Crippen LogP contribution in [0.25, 0.3) is 0 Å². The molecule has 2 amide bonds. The van der Waals surface area contributed by atoms with Crippen LogP contribution >= 0.6 is 0 Å². The van der Waals surface area contributed by atoms with Crippen LogP contribution in [0.15, 0.2) is 52.5 Å². The maximum atomic E-state index is 12.6. The Balaban J connectivity index is 1.83. The molecule has 0 saturated heterocycles. The van der Waals surface area contributed by atoms with Crippen LogP contribution in [-0.4, -0.2) is 45.9 Å². The van der Waals surface area contributed by atoms with Crippen LogP contribution in [0.4, 0.5) is 4.79 Å². The van der Waals surface area contributed by atoms with Crippen molar-refractivity contribution in [2.24, 2.45) is 11.0 Å². The van der Waals surface area contributed by atoms with E-state index in [1.807, 2.05) is 13.8 Å². The summed E-state index contributed by atoms with van der Waals surface area (Å²) >= 11 is 0. The van der Waals surface area contributed by atoms with Crippen molar-refractivity contribution in [3.05, 3.63) is 53.6 Å². The van der Waals surface area contributed by atoms with Crippen molar-refractivity contribution in [3.63, 3.8) is 0 Å². The smallest absolute Gasteiger partial charge is 0.351 e. The molecule has 8 nitrogen and oxygen atoms in total. The van der Waals surface area contributed by atoms with E-state index >= 15 is 0 Å². The van der Waals surface area contributed by atoms with Gasteiger partial charge in [-0.05, 0) is 31.2 Å². The largest absolute Gasteiger partial charge is 0.497 e. The lowest BCUT2D eigenvalue weighted by Gasteiger charge is -2.14. The van der Waals surface area contributed by atoms with E-state index in [2.05, 4.69) is 9.82 Å². The number of urea groups is 1. The van der Waals surface area contributed by atoms with Crippen molar-refractivity contribution < 1.29 is 22.7 Å². The molecule has 1 aliphatic rings. The third kappa shape index (κ3) is 4.34. The molecule has 0 saturated carbocycles. The van der Waals surface area contributed by atoms with E-state index in [1.165, 1.54) is 19.2 Å². The standard InChI is InChI=1S/C20H23N3O5S/c1-13-5-8-16(9-6-13)29(25,26)22-20(24)23-12-14(2)19(21-23)17-10-7-15(27-3)11-18(17)28-4/h5-11,14H,12H2,1-4H3,(H,22,24). The molecule has 3 rings (SSSR count).